The number of hydrogen-bond acceptors (Lipinski definition) is 4. The Hall–Kier alpha value is -1.41. The van der Waals surface area contributed by atoms with Crippen LogP contribution in [0.3, 0.4) is 0 Å². The van der Waals surface area contributed by atoms with Crippen LogP contribution in [0.5, 0.6) is 0 Å². The van der Waals surface area contributed by atoms with Crippen molar-refractivity contribution in [3.05, 3.63) is 22.2 Å². The van der Waals surface area contributed by atoms with Crippen LogP contribution >= 0.6 is 15.9 Å². The van der Waals surface area contributed by atoms with E-state index < -0.39 is 9.84 Å². The van der Waals surface area contributed by atoms with Crippen molar-refractivity contribution in [3.63, 3.8) is 0 Å². The van der Waals surface area contributed by atoms with Gasteiger partial charge in [-0.2, -0.15) is 0 Å². The number of halogens is 1. The number of carbonyl (C=O) groups is 2. The molecule has 1 fully saturated rings. The second-order valence-corrected chi connectivity index (χ2v) is 11.6. The molecule has 0 saturated heterocycles. The van der Waals surface area contributed by atoms with Crippen molar-refractivity contribution < 1.29 is 18.0 Å². The molecular formula is C23H33BrN2O4S. The lowest BCUT2D eigenvalue weighted by Crippen LogP contribution is -2.34. The summed E-state index contributed by atoms with van der Waals surface area (Å²) in [5, 5.41) is 0. The zero-order valence-electron chi connectivity index (χ0n) is 18.5. The van der Waals surface area contributed by atoms with Crippen LogP contribution in [0.1, 0.15) is 64.4 Å². The molecule has 0 atom stereocenters. The Morgan fingerprint density at radius 2 is 1.77 bits per heavy atom. The number of unbranched alkanes of at least 4 members (excludes halogenated alkanes) is 2. The fourth-order valence-electron chi connectivity index (χ4n) is 4.03. The molecule has 1 aliphatic heterocycles. The van der Waals surface area contributed by atoms with Gasteiger partial charge in [0.2, 0.25) is 11.8 Å². The van der Waals surface area contributed by atoms with E-state index in [0.717, 1.165) is 44.1 Å². The van der Waals surface area contributed by atoms with Crippen molar-refractivity contribution >= 4 is 43.3 Å². The standard InChI is InChI=1S/C23H33BrN2O4S/c1-3-5-11-25(12-6-4-2)21(27)10-14-31(29,30)20-16-19(24)15-18-9-13-26(22(18)20)23(28)17-7-8-17/h15-17H,3-14H2,1-2H3. The number of anilines is 1. The molecule has 1 heterocycles. The van der Waals surface area contributed by atoms with E-state index in [-0.39, 0.29) is 34.8 Å². The molecule has 1 saturated carbocycles. The largest absolute Gasteiger partial charge is 0.343 e. The number of rotatable bonds is 11. The Morgan fingerprint density at radius 3 is 2.35 bits per heavy atom. The van der Waals surface area contributed by atoms with E-state index >= 15 is 0 Å². The summed E-state index contributed by atoms with van der Waals surface area (Å²) in [7, 11) is -3.72. The van der Waals surface area contributed by atoms with E-state index in [4.69, 9.17) is 0 Å². The van der Waals surface area contributed by atoms with Crippen molar-refractivity contribution in [1.82, 2.24) is 4.90 Å². The molecule has 2 amide bonds. The number of benzene rings is 1. The van der Waals surface area contributed by atoms with Gasteiger partial charge in [-0.25, -0.2) is 8.42 Å². The van der Waals surface area contributed by atoms with Crippen LogP contribution in [0.2, 0.25) is 0 Å². The maximum atomic E-state index is 13.3. The van der Waals surface area contributed by atoms with Crippen molar-refractivity contribution in [2.75, 3.05) is 30.3 Å². The molecule has 31 heavy (non-hydrogen) atoms. The number of fused-ring (bicyclic) bond motifs is 1. The van der Waals surface area contributed by atoms with E-state index in [9.17, 15) is 18.0 Å². The summed E-state index contributed by atoms with van der Waals surface area (Å²) in [6.45, 7) is 6.02. The fourth-order valence-corrected chi connectivity index (χ4v) is 6.19. The van der Waals surface area contributed by atoms with E-state index in [1.54, 1.807) is 15.9 Å². The second kappa shape index (κ2) is 10.5. The van der Waals surface area contributed by atoms with Gasteiger partial charge in [0.25, 0.3) is 0 Å². The highest BCUT2D eigenvalue weighted by atomic mass is 79.9. The smallest absolute Gasteiger partial charge is 0.230 e. The van der Waals surface area contributed by atoms with Crippen molar-refractivity contribution in [3.8, 4) is 0 Å². The average Bonchev–Trinajstić information content (AvgIpc) is 3.51. The lowest BCUT2D eigenvalue weighted by atomic mass is 10.2. The molecule has 0 aromatic heterocycles. The lowest BCUT2D eigenvalue weighted by molar-refractivity contribution is -0.131. The third kappa shape index (κ3) is 5.89. The number of hydrogen-bond donors (Lipinski definition) is 0. The van der Waals surface area contributed by atoms with Crippen molar-refractivity contribution in [2.24, 2.45) is 5.92 Å². The molecule has 0 spiro atoms. The highest BCUT2D eigenvalue weighted by molar-refractivity contribution is 9.10. The average molecular weight is 513 g/mol. The Labute approximate surface area is 194 Å². The molecule has 1 aliphatic carbocycles. The van der Waals surface area contributed by atoms with Crippen LogP contribution < -0.4 is 4.90 Å². The van der Waals surface area contributed by atoms with Gasteiger partial charge >= 0.3 is 0 Å². The van der Waals surface area contributed by atoms with Crippen LogP contribution in [0.15, 0.2) is 21.5 Å². The summed E-state index contributed by atoms with van der Waals surface area (Å²) in [4.78, 5) is 29.2. The first-order valence-corrected chi connectivity index (χ1v) is 13.9. The normalized spacial score (nSPS) is 15.8. The molecule has 8 heteroatoms. The monoisotopic (exact) mass is 512 g/mol. The molecule has 0 radical (unpaired) electrons. The van der Waals surface area contributed by atoms with E-state index in [1.165, 1.54) is 0 Å². The minimum absolute atomic E-state index is 0.0254. The van der Waals surface area contributed by atoms with Gasteiger partial charge < -0.3 is 9.80 Å². The zero-order chi connectivity index (χ0) is 22.6. The Bertz CT molecular complexity index is 920. The minimum Gasteiger partial charge on any atom is -0.343 e. The van der Waals surface area contributed by atoms with Gasteiger partial charge in [0.15, 0.2) is 9.84 Å². The van der Waals surface area contributed by atoms with E-state index in [1.807, 2.05) is 6.07 Å². The molecule has 0 bridgehead atoms. The predicted octanol–water partition coefficient (Wildman–Crippen LogP) is 4.34. The first-order valence-electron chi connectivity index (χ1n) is 11.4. The van der Waals surface area contributed by atoms with Crippen LogP contribution in [0.25, 0.3) is 0 Å². The van der Waals surface area contributed by atoms with Gasteiger partial charge in [-0.1, -0.05) is 42.6 Å². The second-order valence-electron chi connectivity index (χ2n) is 8.58. The number of sulfone groups is 1. The molecule has 172 valence electrons. The summed E-state index contributed by atoms with van der Waals surface area (Å²) in [6.07, 6.45) is 6.18. The van der Waals surface area contributed by atoms with Crippen molar-refractivity contribution in [2.45, 2.75) is 70.1 Å². The maximum absolute atomic E-state index is 13.3. The quantitative estimate of drug-likeness (QED) is 0.441. The third-order valence-electron chi connectivity index (χ3n) is 6.02. The fraction of sp³-hybridized carbons (Fsp3) is 0.652. The van der Waals surface area contributed by atoms with Gasteiger partial charge in [0.05, 0.1) is 16.3 Å². The molecule has 1 aromatic carbocycles. The van der Waals surface area contributed by atoms with Gasteiger partial charge in [-0.05, 0) is 49.8 Å². The first kappa shape index (κ1) is 24.2. The summed E-state index contributed by atoms with van der Waals surface area (Å²) in [5.41, 5.74) is 1.40. The zero-order valence-corrected chi connectivity index (χ0v) is 20.9. The molecule has 3 rings (SSSR count). The highest BCUT2D eigenvalue weighted by Crippen LogP contribution is 2.41. The Kier molecular flexibility index (Phi) is 8.19. The summed E-state index contributed by atoms with van der Waals surface area (Å²) < 4.78 is 27.3. The minimum atomic E-state index is -3.72. The van der Waals surface area contributed by atoms with Gasteiger partial charge in [0.1, 0.15) is 0 Å². The maximum Gasteiger partial charge on any atom is 0.230 e. The Morgan fingerprint density at radius 1 is 1.13 bits per heavy atom. The SMILES string of the molecule is CCCCN(CCCC)C(=O)CCS(=O)(=O)c1cc(Br)cc2c1N(C(=O)C1CC1)CC2. The summed E-state index contributed by atoms with van der Waals surface area (Å²) >= 11 is 3.42. The van der Waals surface area contributed by atoms with Gasteiger partial charge in [-0.15, -0.1) is 0 Å². The van der Waals surface area contributed by atoms with Crippen LogP contribution in [0, 0.1) is 5.92 Å². The molecule has 0 N–H and O–H groups in total. The van der Waals surface area contributed by atoms with Gasteiger partial charge in [0, 0.05) is 36.4 Å². The van der Waals surface area contributed by atoms with Gasteiger partial charge in [-0.3, -0.25) is 9.59 Å². The number of amides is 2. The van der Waals surface area contributed by atoms with E-state index in [0.29, 0.717) is 36.2 Å². The molecular weight excluding hydrogens is 480 g/mol. The molecule has 2 aliphatic rings. The van der Waals surface area contributed by atoms with Crippen LogP contribution in [-0.2, 0) is 25.8 Å². The molecule has 0 unspecified atom stereocenters. The third-order valence-corrected chi connectivity index (χ3v) is 8.20. The number of carbonyl (C=O) groups excluding carboxylic acids is 2. The predicted molar refractivity (Wildman–Crippen MR) is 126 cm³/mol. The first-order chi connectivity index (χ1) is 14.8. The highest BCUT2D eigenvalue weighted by Gasteiger charge is 2.39. The number of nitrogens with zero attached hydrogens (tertiary/aromatic N) is 2. The summed E-state index contributed by atoms with van der Waals surface area (Å²) in [6, 6.07) is 3.49. The molecule has 1 aromatic rings. The van der Waals surface area contributed by atoms with Crippen LogP contribution in [-0.4, -0.2) is 50.5 Å². The summed E-state index contributed by atoms with van der Waals surface area (Å²) in [5.74, 6) is -0.297. The topological polar surface area (TPSA) is 74.8 Å². The Balaban J connectivity index is 1.79. The molecule has 6 nitrogen and oxygen atoms in total. The van der Waals surface area contributed by atoms with Crippen LogP contribution in [0.4, 0.5) is 5.69 Å². The van der Waals surface area contributed by atoms with Crippen molar-refractivity contribution in [1.29, 1.82) is 0 Å². The lowest BCUT2D eigenvalue weighted by Gasteiger charge is -2.23. The van der Waals surface area contributed by atoms with E-state index in [2.05, 4.69) is 29.8 Å².